The minimum absolute atomic E-state index is 0.0323. The lowest BCUT2D eigenvalue weighted by Crippen LogP contribution is -2.38. The van der Waals surface area contributed by atoms with Crippen LogP contribution in [0.2, 0.25) is 0 Å². The van der Waals surface area contributed by atoms with Gasteiger partial charge in [0.1, 0.15) is 6.29 Å². The van der Waals surface area contributed by atoms with Crippen LogP contribution >= 0.6 is 0 Å². The number of nitrogens with zero attached hydrogens (tertiary/aromatic N) is 2. The van der Waals surface area contributed by atoms with Gasteiger partial charge in [0.2, 0.25) is 5.91 Å². The second kappa shape index (κ2) is 7.51. The molecule has 0 aromatic heterocycles. The average molecular weight is 298 g/mol. The zero-order valence-electron chi connectivity index (χ0n) is 12.0. The number of hydrogen-bond acceptors (Lipinski definition) is 6. The van der Waals surface area contributed by atoms with Gasteiger partial charge in [-0.1, -0.05) is 6.92 Å². The van der Waals surface area contributed by atoms with Crippen LogP contribution in [0.15, 0.2) is 0 Å². The highest BCUT2D eigenvalue weighted by molar-refractivity contribution is 6.01. The molecule has 0 aromatic rings. The molecule has 0 spiro atoms. The second-order valence-corrected chi connectivity index (χ2v) is 4.87. The molecule has 1 fully saturated rings. The summed E-state index contributed by atoms with van der Waals surface area (Å²) in [5.74, 6) is -2.81. The fourth-order valence-electron chi connectivity index (χ4n) is 1.80. The van der Waals surface area contributed by atoms with E-state index in [2.05, 4.69) is 0 Å². The number of rotatable bonds is 7. The summed E-state index contributed by atoms with van der Waals surface area (Å²) in [6.07, 6.45) is 0.910. The van der Waals surface area contributed by atoms with Crippen molar-refractivity contribution in [1.82, 2.24) is 9.96 Å². The lowest BCUT2D eigenvalue weighted by atomic mass is 10.1. The quantitative estimate of drug-likeness (QED) is 0.471. The fraction of sp³-hybridized carbons (Fsp3) is 0.615. The Balaban J connectivity index is 2.47. The van der Waals surface area contributed by atoms with Crippen LogP contribution < -0.4 is 0 Å². The Labute approximate surface area is 122 Å². The minimum atomic E-state index is -0.756. The number of aldehydes is 1. The third-order valence-corrected chi connectivity index (χ3v) is 3.04. The van der Waals surface area contributed by atoms with Crippen LogP contribution in [0, 0.1) is 5.92 Å². The molecule has 1 aliphatic heterocycles. The molecule has 8 heteroatoms. The largest absolute Gasteiger partial charge is 0.345 e. The summed E-state index contributed by atoms with van der Waals surface area (Å²) < 4.78 is 0. The molecule has 0 aromatic carbocycles. The van der Waals surface area contributed by atoms with Crippen molar-refractivity contribution in [3.63, 3.8) is 0 Å². The van der Waals surface area contributed by atoms with Crippen molar-refractivity contribution in [2.45, 2.75) is 32.6 Å². The van der Waals surface area contributed by atoms with Crippen LogP contribution in [-0.4, -0.2) is 53.5 Å². The van der Waals surface area contributed by atoms with E-state index >= 15 is 0 Å². The molecule has 1 aliphatic rings. The van der Waals surface area contributed by atoms with Crippen molar-refractivity contribution in [3.05, 3.63) is 0 Å². The van der Waals surface area contributed by atoms with Gasteiger partial charge in [0.25, 0.3) is 11.8 Å². The molecular weight excluding hydrogens is 280 g/mol. The number of hydrogen-bond donors (Lipinski definition) is 0. The van der Waals surface area contributed by atoms with E-state index in [-0.39, 0.29) is 38.1 Å². The second-order valence-electron chi connectivity index (χ2n) is 4.87. The van der Waals surface area contributed by atoms with Crippen LogP contribution in [0.4, 0.5) is 0 Å². The summed E-state index contributed by atoms with van der Waals surface area (Å²) in [6, 6.07) is 0. The van der Waals surface area contributed by atoms with Gasteiger partial charge in [-0.25, -0.2) is 4.79 Å². The first-order chi connectivity index (χ1) is 9.86. The third kappa shape index (κ3) is 4.66. The van der Waals surface area contributed by atoms with E-state index in [9.17, 15) is 24.0 Å². The SMILES string of the molecule is CC(CN(C)C(=O)CCC=O)C(=O)ON1C(=O)CCC1=O. The molecule has 116 valence electrons. The Morgan fingerprint density at radius 2 is 1.90 bits per heavy atom. The molecule has 0 aliphatic carbocycles. The van der Waals surface area contributed by atoms with Gasteiger partial charge in [-0.05, 0) is 0 Å². The molecule has 8 nitrogen and oxygen atoms in total. The monoisotopic (exact) mass is 298 g/mol. The molecule has 1 heterocycles. The molecule has 0 N–H and O–H groups in total. The van der Waals surface area contributed by atoms with E-state index < -0.39 is 23.7 Å². The third-order valence-electron chi connectivity index (χ3n) is 3.04. The van der Waals surface area contributed by atoms with E-state index in [1.807, 2.05) is 0 Å². The Kier molecular flexibility index (Phi) is 6.01. The van der Waals surface area contributed by atoms with E-state index in [1.165, 1.54) is 18.9 Å². The van der Waals surface area contributed by atoms with Gasteiger partial charge in [0.15, 0.2) is 0 Å². The molecule has 0 bridgehead atoms. The van der Waals surface area contributed by atoms with E-state index in [0.717, 1.165) is 0 Å². The number of amides is 3. The van der Waals surface area contributed by atoms with E-state index in [0.29, 0.717) is 11.3 Å². The maximum atomic E-state index is 11.8. The van der Waals surface area contributed by atoms with Crippen molar-refractivity contribution in [2.75, 3.05) is 13.6 Å². The maximum Gasteiger partial charge on any atom is 0.337 e. The lowest BCUT2D eigenvalue weighted by molar-refractivity contribution is -0.200. The van der Waals surface area contributed by atoms with Gasteiger partial charge in [-0.2, -0.15) is 0 Å². The van der Waals surface area contributed by atoms with Crippen LogP contribution in [0.5, 0.6) is 0 Å². The highest BCUT2D eigenvalue weighted by Crippen LogP contribution is 2.14. The minimum Gasteiger partial charge on any atom is -0.345 e. The summed E-state index contributed by atoms with van der Waals surface area (Å²) >= 11 is 0. The lowest BCUT2D eigenvalue weighted by Gasteiger charge is -2.21. The van der Waals surface area contributed by atoms with Gasteiger partial charge in [0, 0.05) is 39.3 Å². The van der Waals surface area contributed by atoms with E-state index in [1.54, 1.807) is 0 Å². The Bertz CT molecular complexity index is 446. The predicted molar refractivity (Wildman–Crippen MR) is 69.3 cm³/mol. The first-order valence-corrected chi connectivity index (χ1v) is 6.62. The molecule has 0 radical (unpaired) electrons. The number of imide groups is 1. The Morgan fingerprint density at radius 3 is 2.43 bits per heavy atom. The molecule has 0 saturated carbocycles. The highest BCUT2D eigenvalue weighted by Gasteiger charge is 2.34. The van der Waals surface area contributed by atoms with Crippen molar-refractivity contribution in [2.24, 2.45) is 5.92 Å². The average Bonchev–Trinajstić information content (AvgIpc) is 2.76. The zero-order chi connectivity index (χ0) is 16.0. The molecule has 1 rings (SSSR count). The number of hydroxylamine groups is 2. The van der Waals surface area contributed by atoms with Crippen molar-refractivity contribution >= 4 is 30.0 Å². The summed E-state index contributed by atoms with van der Waals surface area (Å²) in [4.78, 5) is 62.3. The summed E-state index contributed by atoms with van der Waals surface area (Å²) in [7, 11) is 1.50. The molecular formula is C13H18N2O6. The molecule has 3 amide bonds. The topological polar surface area (TPSA) is 101 Å². The van der Waals surface area contributed by atoms with Gasteiger partial charge in [-0.15, -0.1) is 5.06 Å². The Morgan fingerprint density at radius 1 is 1.33 bits per heavy atom. The van der Waals surface area contributed by atoms with Gasteiger partial charge in [-0.3, -0.25) is 14.4 Å². The number of carbonyl (C=O) groups excluding carboxylic acids is 5. The Hall–Kier alpha value is -2.25. The summed E-state index contributed by atoms with van der Waals surface area (Å²) in [6.45, 7) is 1.60. The zero-order valence-corrected chi connectivity index (χ0v) is 12.0. The smallest absolute Gasteiger partial charge is 0.337 e. The van der Waals surface area contributed by atoms with E-state index in [4.69, 9.17) is 4.84 Å². The molecule has 21 heavy (non-hydrogen) atoms. The molecule has 1 unspecified atom stereocenters. The van der Waals surface area contributed by atoms with Crippen LogP contribution in [-0.2, 0) is 28.8 Å². The first-order valence-electron chi connectivity index (χ1n) is 6.62. The van der Waals surface area contributed by atoms with Gasteiger partial charge >= 0.3 is 5.97 Å². The maximum absolute atomic E-state index is 11.8. The van der Waals surface area contributed by atoms with Crippen LogP contribution in [0.3, 0.4) is 0 Å². The van der Waals surface area contributed by atoms with Crippen molar-refractivity contribution in [1.29, 1.82) is 0 Å². The van der Waals surface area contributed by atoms with Crippen molar-refractivity contribution in [3.8, 4) is 0 Å². The number of carbonyl (C=O) groups is 5. The first kappa shape index (κ1) is 16.8. The standard InChI is InChI=1S/C13H18N2O6/c1-9(8-14(2)10(17)4-3-7-16)13(20)21-15-11(18)5-6-12(15)19/h7,9H,3-6,8H2,1-2H3. The van der Waals surface area contributed by atoms with Crippen molar-refractivity contribution < 1.29 is 28.8 Å². The van der Waals surface area contributed by atoms with Crippen LogP contribution in [0.1, 0.15) is 32.6 Å². The fourth-order valence-corrected chi connectivity index (χ4v) is 1.80. The van der Waals surface area contributed by atoms with Gasteiger partial charge in [0.05, 0.1) is 5.92 Å². The summed E-state index contributed by atoms with van der Waals surface area (Å²) in [5.41, 5.74) is 0. The summed E-state index contributed by atoms with van der Waals surface area (Å²) in [5, 5.41) is 0.479. The molecule has 1 saturated heterocycles. The predicted octanol–water partition coefficient (Wildman–Crippen LogP) is -0.333. The highest BCUT2D eigenvalue weighted by atomic mass is 16.7. The normalized spacial score (nSPS) is 15.8. The van der Waals surface area contributed by atoms with Gasteiger partial charge < -0.3 is 14.5 Å². The molecule has 1 atom stereocenters. The van der Waals surface area contributed by atoms with Crippen LogP contribution in [0.25, 0.3) is 0 Å².